The van der Waals surface area contributed by atoms with E-state index in [0.717, 1.165) is 36.2 Å². The molecule has 0 aliphatic carbocycles. The average molecular weight is 215 g/mol. The molecule has 4 N–H and O–H groups in total. The van der Waals surface area contributed by atoms with E-state index in [0.29, 0.717) is 5.82 Å². The minimum atomic E-state index is 0.530. The summed E-state index contributed by atoms with van der Waals surface area (Å²) in [7, 11) is 0. The summed E-state index contributed by atoms with van der Waals surface area (Å²) in [6.07, 6.45) is 4.70. The second-order valence-electron chi connectivity index (χ2n) is 3.89. The summed E-state index contributed by atoms with van der Waals surface area (Å²) in [4.78, 5) is 11.4. The van der Waals surface area contributed by atoms with Crippen molar-refractivity contribution in [2.75, 3.05) is 18.8 Å². The Morgan fingerprint density at radius 2 is 2.25 bits per heavy atom. The molecule has 3 rings (SSSR count). The number of nitrogens with zero attached hydrogens (tertiary/aromatic N) is 2. The second-order valence-corrected chi connectivity index (χ2v) is 3.89. The lowest BCUT2D eigenvalue weighted by Gasteiger charge is -2.12. The number of aromatic nitrogens is 3. The van der Waals surface area contributed by atoms with E-state index in [-0.39, 0.29) is 0 Å². The summed E-state index contributed by atoms with van der Waals surface area (Å²) in [5.41, 5.74) is 9.02. The molecule has 0 atom stereocenters. The van der Waals surface area contributed by atoms with Gasteiger partial charge >= 0.3 is 0 Å². The predicted octanol–water partition coefficient (Wildman–Crippen LogP) is 0.917. The highest BCUT2D eigenvalue weighted by Gasteiger charge is 2.10. The van der Waals surface area contributed by atoms with Crippen LogP contribution in [0.5, 0.6) is 0 Å². The number of rotatable bonds is 1. The monoisotopic (exact) mass is 215 g/mol. The Hall–Kier alpha value is -1.88. The largest absolute Gasteiger partial charge is 0.383 e. The van der Waals surface area contributed by atoms with Gasteiger partial charge in [-0.05, 0) is 24.6 Å². The van der Waals surface area contributed by atoms with Crippen LogP contribution in [-0.4, -0.2) is 28.0 Å². The van der Waals surface area contributed by atoms with Crippen molar-refractivity contribution in [3.05, 3.63) is 24.2 Å². The van der Waals surface area contributed by atoms with Crippen molar-refractivity contribution in [2.45, 2.75) is 6.42 Å². The van der Waals surface area contributed by atoms with Crippen molar-refractivity contribution in [1.82, 2.24) is 20.3 Å². The molecule has 0 unspecified atom stereocenters. The third-order valence-corrected chi connectivity index (χ3v) is 2.87. The molecule has 0 fully saturated rings. The molecule has 0 saturated carbocycles. The van der Waals surface area contributed by atoms with Crippen molar-refractivity contribution in [3.63, 3.8) is 0 Å². The summed E-state index contributed by atoms with van der Waals surface area (Å²) in [6, 6.07) is 2.03. The van der Waals surface area contributed by atoms with Crippen LogP contribution in [0, 0.1) is 0 Å². The third-order valence-electron chi connectivity index (χ3n) is 2.87. The Morgan fingerprint density at radius 1 is 1.31 bits per heavy atom. The van der Waals surface area contributed by atoms with Gasteiger partial charge in [-0.15, -0.1) is 0 Å². The number of hydrogen-bond donors (Lipinski definition) is 3. The van der Waals surface area contributed by atoms with E-state index in [2.05, 4.69) is 26.3 Å². The van der Waals surface area contributed by atoms with Crippen LogP contribution in [0.1, 0.15) is 12.1 Å². The molecule has 1 aliphatic heterocycles. The van der Waals surface area contributed by atoms with Gasteiger partial charge in [-0.3, -0.25) is 0 Å². The summed E-state index contributed by atoms with van der Waals surface area (Å²) in [5.74, 6) is 0.530. The summed E-state index contributed by atoms with van der Waals surface area (Å²) in [6.45, 7) is 1.94. The van der Waals surface area contributed by atoms with Crippen molar-refractivity contribution < 1.29 is 0 Å². The summed E-state index contributed by atoms with van der Waals surface area (Å²) in [5, 5.41) is 4.19. The van der Waals surface area contributed by atoms with Gasteiger partial charge in [0.1, 0.15) is 17.8 Å². The second kappa shape index (κ2) is 3.61. The number of nitrogens with one attached hydrogen (secondary N) is 2. The number of nitrogens with two attached hydrogens (primary N) is 1. The van der Waals surface area contributed by atoms with E-state index >= 15 is 0 Å². The lowest BCUT2D eigenvalue weighted by molar-refractivity contribution is 0.737. The number of hydrogen-bond acceptors (Lipinski definition) is 4. The zero-order chi connectivity index (χ0) is 11.0. The van der Waals surface area contributed by atoms with Gasteiger partial charge in [-0.1, -0.05) is 6.08 Å². The molecule has 5 heteroatoms. The van der Waals surface area contributed by atoms with E-state index in [4.69, 9.17) is 5.73 Å². The SMILES string of the molecule is Nc1ncnc2[nH]c(C3=CCNCC3)cc12. The van der Waals surface area contributed by atoms with Crippen molar-refractivity contribution in [3.8, 4) is 0 Å². The van der Waals surface area contributed by atoms with Gasteiger partial charge in [-0.25, -0.2) is 9.97 Å². The fourth-order valence-corrected chi connectivity index (χ4v) is 2.00. The smallest absolute Gasteiger partial charge is 0.143 e. The lowest BCUT2D eigenvalue weighted by Crippen LogP contribution is -2.20. The molecule has 0 amide bonds. The first-order valence-electron chi connectivity index (χ1n) is 5.34. The zero-order valence-corrected chi connectivity index (χ0v) is 8.83. The number of H-pyrrole nitrogens is 1. The molecule has 0 radical (unpaired) electrons. The Morgan fingerprint density at radius 3 is 3.00 bits per heavy atom. The van der Waals surface area contributed by atoms with Gasteiger partial charge in [0.15, 0.2) is 0 Å². The Kier molecular flexibility index (Phi) is 2.11. The molecule has 82 valence electrons. The van der Waals surface area contributed by atoms with Crippen LogP contribution in [0.2, 0.25) is 0 Å². The molecule has 5 nitrogen and oxygen atoms in total. The van der Waals surface area contributed by atoms with Gasteiger partial charge in [0.05, 0.1) is 5.39 Å². The maximum absolute atomic E-state index is 5.80. The van der Waals surface area contributed by atoms with Gasteiger partial charge in [0.25, 0.3) is 0 Å². The van der Waals surface area contributed by atoms with Crippen LogP contribution < -0.4 is 11.1 Å². The molecular formula is C11H13N5. The topological polar surface area (TPSA) is 79.6 Å². The van der Waals surface area contributed by atoms with Crippen molar-refractivity contribution in [2.24, 2.45) is 0 Å². The maximum atomic E-state index is 5.80. The highest BCUT2D eigenvalue weighted by Crippen LogP contribution is 2.24. The average Bonchev–Trinajstić information content (AvgIpc) is 2.76. The molecule has 2 aromatic heterocycles. The molecule has 0 aromatic carbocycles. The minimum Gasteiger partial charge on any atom is -0.383 e. The van der Waals surface area contributed by atoms with Crippen LogP contribution in [0.3, 0.4) is 0 Å². The first-order valence-corrected chi connectivity index (χ1v) is 5.34. The number of nitrogen functional groups attached to an aromatic ring is 1. The van der Waals surface area contributed by atoms with E-state index in [1.807, 2.05) is 6.07 Å². The molecule has 0 bridgehead atoms. The normalized spacial score (nSPS) is 16.4. The van der Waals surface area contributed by atoms with Crippen molar-refractivity contribution >= 4 is 22.4 Å². The highest BCUT2D eigenvalue weighted by molar-refractivity contribution is 5.89. The van der Waals surface area contributed by atoms with Gasteiger partial charge in [-0.2, -0.15) is 0 Å². The molecule has 1 aliphatic rings. The van der Waals surface area contributed by atoms with Crippen LogP contribution in [0.25, 0.3) is 16.6 Å². The Balaban J connectivity index is 2.11. The minimum absolute atomic E-state index is 0.530. The summed E-state index contributed by atoms with van der Waals surface area (Å²) < 4.78 is 0. The van der Waals surface area contributed by atoms with Crippen LogP contribution in [0.15, 0.2) is 18.5 Å². The Labute approximate surface area is 92.8 Å². The highest BCUT2D eigenvalue weighted by atomic mass is 15.0. The van der Waals surface area contributed by atoms with E-state index in [9.17, 15) is 0 Å². The van der Waals surface area contributed by atoms with Gasteiger partial charge in [0.2, 0.25) is 0 Å². The first kappa shape index (κ1) is 9.35. The maximum Gasteiger partial charge on any atom is 0.143 e. The molecule has 0 spiro atoms. The predicted molar refractivity (Wildman–Crippen MR) is 63.8 cm³/mol. The fourth-order valence-electron chi connectivity index (χ4n) is 2.00. The number of anilines is 1. The van der Waals surface area contributed by atoms with Gasteiger partial charge < -0.3 is 16.0 Å². The van der Waals surface area contributed by atoms with Crippen LogP contribution >= 0.6 is 0 Å². The molecular weight excluding hydrogens is 202 g/mol. The fraction of sp³-hybridized carbons (Fsp3) is 0.273. The molecule has 16 heavy (non-hydrogen) atoms. The van der Waals surface area contributed by atoms with E-state index in [1.165, 1.54) is 11.9 Å². The Bertz CT molecular complexity index is 555. The quantitative estimate of drug-likeness (QED) is 0.660. The molecule has 2 aromatic rings. The standard InChI is InChI=1S/C11H13N5/c12-10-8-5-9(7-1-3-13-4-2-7)16-11(8)15-6-14-10/h1,5-6,13H,2-4H2,(H3,12,14,15,16). The van der Waals surface area contributed by atoms with E-state index < -0.39 is 0 Å². The number of fused-ring (bicyclic) bond motifs is 1. The third kappa shape index (κ3) is 1.45. The summed E-state index contributed by atoms with van der Waals surface area (Å²) >= 11 is 0. The lowest BCUT2D eigenvalue weighted by atomic mass is 10.1. The number of aromatic amines is 1. The molecule has 0 saturated heterocycles. The first-order chi connectivity index (χ1) is 7.84. The van der Waals surface area contributed by atoms with Gasteiger partial charge in [0, 0.05) is 12.2 Å². The van der Waals surface area contributed by atoms with Crippen LogP contribution in [-0.2, 0) is 0 Å². The van der Waals surface area contributed by atoms with Crippen LogP contribution in [0.4, 0.5) is 5.82 Å². The molecule has 3 heterocycles. The van der Waals surface area contributed by atoms with Crippen molar-refractivity contribution in [1.29, 1.82) is 0 Å². The zero-order valence-electron chi connectivity index (χ0n) is 8.83. The van der Waals surface area contributed by atoms with E-state index in [1.54, 1.807) is 0 Å².